The molecule has 7 heteroatoms. The van der Waals surface area contributed by atoms with Gasteiger partial charge in [-0.3, -0.25) is 14.6 Å². The molecule has 1 aromatic heterocycles. The number of rotatable bonds is 6. The standard InChI is InChI=1S/C19H15ClN2O3S/c1-12-17(25-15-5-3-2-4-6-15)18(24)22-19(21-12)26-11-16(23)13-7-9-14(20)10-8-13/h2-10H,11H2,1H3,(H,21,22,24). The van der Waals surface area contributed by atoms with E-state index in [-0.39, 0.29) is 22.8 Å². The van der Waals surface area contributed by atoms with Crippen LogP contribution in [0.1, 0.15) is 16.1 Å². The number of H-pyrrole nitrogens is 1. The number of aryl methyl sites for hydroxylation is 1. The van der Waals surface area contributed by atoms with Crippen molar-refractivity contribution in [3.05, 3.63) is 81.2 Å². The summed E-state index contributed by atoms with van der Waals surface area (Å²) in [6.45, 7) is 1.69. The van der Waals surface area contributed by atoms with E-state index >= 15 is 0 Å². The third-order valence-corrected chi connectivity index (χ3v) is 4.62. The molecular formula is C19H15ClN2O3S. The Kier molecular flexibility index (Phi) is 5.75. The zero-order chi connectivity index (χ0) is 18.5. The predicted octanol–water partition coefficient (Wildman–Crippen LogP) is 4.50. The Hall–Kier alpha value is -2.57. The van der Waals surface area contributed by atoms with Crippen molar-refractivity contribution in [1.82, 2.24) is 9.97 Å². The Morgan fingerprint density at radius 3 is 2.50 bits per heavy atom. The summed E-state index contributed by atoms with van der Waals surface area (Å²) in [4.78, 5) is 31.5. The van der Waals surface area contributed by atoms with Crippen LogP contribution in [0, 0.1) is 6.92 Å². The highest BCUT2D eigenvalue weighted by Crippen LogP contribution is 2.22. The lowest BCUT2D eigenvalue weighted by atomic mass is 10.1. The van der Waals surface area contributed by atoms with Crippen molar-refractivity contribution in [3.63, 3.8) is 0 Å². The number of carbonyl (C=O) groups excluding carboxylic acids is 1. The number of para-hydroxylation sites is 1. The van der Waals surface area contributed by atoms with Gasteiger partial charge < -0.3 is 4.74 Å². The fraction of sp³-hybridized carbons (Fsp3) is 0.105. The van der Waals surface area contributed by atoms with Crippen LogP contribution >= 0.6 is 23.4 Å². The van der Waals surface area contributed by atoms with Gasteiger partial charge in [-0.05, 0) is 43.3 Å². The number of hydrogen-bond acceptors (Lipinski definition) is 5. The van der Waals surface area contributed by atoms with Gasteiger partial charge in [0.1, 0.15) is 5.75 Å². The lowest BCUT2D eigenvalue weighted by molar-refractivity contribution is 0.102. The van der Waals surface area contributed by atoms with Crippen LogP contribution < -0.4 is 10.3 Å². The zero-order valence-electron chi connectivity index (χ0n) is 13.9. The minimum absolute atomic E-state index is 0.0726. The molecule has 0 saturated heterocycles. The van der Waals surface area contributed by atoms with Gasteiger partial charge in [-0.1, -0.05) is 41.6 Å². The average molecular weight is 387 g/mol. The van der Waals surface area contributed by atoms with Crippen molar-refractivity contribution in [3.8, 4) is 11.5 Å². The number of thioether (sulfide) groups is 1. The molecule has 132 valence electrons. The number of aromatic amines is 1. The van der Waals surface area contributed by atoms with Crippen LogP contribution in [-0.2, 0) is 0 Å². The first kappa shape index (κ1) is 18.2. The number of halogens is 1. The fourth-order valence-corrected chi connectivity index (χ4v) is 3.12. The molecule has 3 aromatic rings. The zero-order valence-corrected chi connectivity index (χ0v) is 15.4. The van der Waals surface area contributed by atoms with Crippen LogP contribution in [0.5, 0.6) is 11.5 Å². The van der Waals surface area contributed by atoms with Crippen molar-refractivity contribution < 1.29 is 9.53 Å². The molecule has 3 rings (SSSR count). The molecule has 0 saturated carbocycles. The highest BCUT2D eigenvalue weighted by molar-refractivity contribution is 7.99. The van der Waals surface area contributed by atoms with Gasteiger partial charge in [0.25, 0.3) is 5.56 Å². The molecular weight excluding hydrogens is 372 g/mol. The number of Topliss-reactive ketones (excluding diaryl/α,β-unsaturated/α-hetero) is 1. The number of benzene rings is 2. The van der Waals surface area contributed by atoms with E-state index in [2.05, 4.69) is 9.97 Å². The van der Waals surface area contributed by atoms with E-state index in [9.17, 15) is 9.59 Å². The summed E-state index contributed by atoms with van der Waals surface area (Å²) in [5, 5.41) is 0.944. The van der Waals surface area contributed by atoms with Crippen molar-refractivity contribution in [2.45, 2.75) is 12.1 Å². The minimum Gasteiger partial charge on any atom is -0.450 e. The third kappa shape index (κ3) is 4.53. The van der Waals surface area contributed by atoms with Gasteiger partial charge in [-0.2, -0.15) is 0 Å². The SMILES string of the molecule is Cc1nc(SCC(=O)c2ccc(Cl)cc2)[nH]c(=O)c1Oc1ccccc1. The highest BCUT2D eigenvalue weighted by atomic mass is 35.5. The average Bonchev–Trinajstić information content (AvgIpc) is 2.64. The minimum atomic E-state index is -0.386. The maximum Gasteiger partial charge on any atom is 0.294 e. The Labute approximate surface area is 159 Å². The Morgan fingerprint density at radius 1 is 1.15 bits per heavy atom. The molecule has 0 unspecified atom stereocenters. The van der Waals surface area contributed by atoms with Gasteiger partial charge in [0.2, 0.25) is 5.75 Å². The summed E-state index contributed by atoms with van der Waals surface area (Å²) >= 11 is 6.99. The van der Waals surface area contributed by atoms with Crippen LogP contribution in [0.2, 0.25) is 5.02 Å². The molecule has 1 N–H and O–H groups in total. The molecule has 0 aliphatic rings. The monoisotopic (exact) mass is 386 g/mol. The van der Waals surface area contributed by atoms with E-state index < -0.39 is 0 Å². The Morgan fingerprint density at radius 2 is 1.85 bits per heavy atom. The van der Waals surface area contributed by atoms with Crippen molar-refractivity contribution >= 4 is 29.1 Å². The number of nitrogens with zero attached hydrogens (tertiary/aromatic N) is 1. The number of ketones is 1. The van der Waals surface area contributed by atoms with E-state index in [1.807, 2.05) is 18.2 Å². The smallest absolute Gasteiger partial charge is 0.294 e. The van der Waals surface area contributed by atoms with Gasteiger partial charge in [-0.15, -0.1) is 0 Å². The van der Waals surface area contributed by atoms with E-state index in [1.54, 1.807) is 43.3 Å². The molecule has 0 radical (unpaired) electrons. The summed E-state index contributed by atoms with van der Waals surface area (Å²) in [6.07, 6.45) is 0. The molecule has 1 heterocycles. The molecule has 0 aliphatic heterocycles. The van der Waals surface area contributed by atoms with E-state index in [0.29, 0.717) is 27.2 Å². The second-order valence-corrected chi connectivity index (χ2v) is 6.82. The maximum absolute atomic E-state index is 12.3. The third-order valence-electron chi connectivity index (χ3n) is 3.49. The molecule has 0 atom stereocenters. The van der Waals surface area contributed by atoms with Gasteiger partial charge in [0, 0.05) is 10.6 Å². The first-order chi connectivity index (χ1) is 12.5. The molecule has 0 aliphatic carbocycles. The summed E-state index contributed by atoms with van der Waals surface area (Å²) in [5.74, 6) is 0.783. The molecule has 0 spiro atoms. The first-order valence-electron chi connectivity index (χ1n) is 7.78. The van der Waals surface area contributed by atoms with Crippen LogP contribution in [0.25, 0.3) is 0 Å². The normalized spacial score (nSPS) is 10.5. The lowest BCUT2D eigenvalue weighted by Crippen LogP contribution is -2.14. The Bertz CT molecular complexity index is 972. The van der Waals surface area contributed by atoms with Crippen LogP contribution in [0.15, 0.2) is 64.5 Å². The number of nitrogens with one attached hydrogen (secondary N) is 1. The number of aromatic nitrogens is 2. The van der Waals surface area contributed by atoms with E-state index in [4.69, 9.17) is 16.3 Å². The lowest BCUT2D eigenvalue weighted by Gasteiger charge is -2.08. The topological polar surface area (TPSA) is 72.0 Å². The van der Waals surface area contributed by atoms with Crippen molar-refractivity contribution in [2.24, 2.45) is 0 Å². The first-order valence-corrected chi connectivity index (χ1v) is 9.14. The van der Waals surface area contributed by atoms with Gasteiger partial charge in [0.15, 0.2) is 10.9 Å². The number of carbonyl (C=O) groups is 1. The molecule has 2 aromatic carbocycles. The van der Waals surface area contributed by atoms with Crippen LogP contribution in [-0.4, -0.2) is 21.5 Å². The van der Waals surface area contributed by atoms with Crippen molar-refractivity contribution in [1.29, 1.82) is 0 Å². The summed E-state index contributed by atoms with van der Waals surface area (Å²) in [7, 11) is 0. The molecule has 0 fully saturated rings. The van der Waals surface area contributed by atoms with Gasteiger partial charge in [-0.25, -0.2) is 4.98 Å². The van der Waals surface area contributed by atoms with E-state index in [0.717, 1.165) is 0 Å². The van der Waals surface area contributed by atoms with Crippen LogP contribution in [0.4, 0.5) is 0 Å². The summed E-state index contributed by atoms with van der Waals surface area (Å²) in [6, 6.07) is 15.7. The van der Waals surface area contributed by atoms with Gasteiger partial charge in [0.05, 0.1) is 11.4 Å². The second kappa shape index (κ2) is 8.21. The second-order valence-electron chi connectivity index (χ2n) is 5.42. The number of hydrogen-bond donors (Lipinski definition) is 1. The predicted molar refractivity (Wildman–Crippen MR) is 103 cm³/mol. The van der Waals surface area contributed by atoms with Crippen molar-refractivity contribution in [2.75, 3.05) is 5.75 Å². The molecule has 0 amide bonds. The van der Waals surface area contributed by atoms with E-state index in [1.165, 1.54) is 11.8 Å². The quantitative estimate of drug-likeness (QED) is 0.383. The molecule has 5 nitrogen and oxygen atoms in total. The Balaban J connectivity index is 1.70. The van der Waals surface area contributed by atoms with Crippen LogP contribution in [0.3, 0.4) is 0 Å². The molecule has 0 bridgehead atoms. The fourth-order valence-electron chi connectivity index (χ4n) is 2.20. The summed E-state index contributed by atoms with van der Waals surface area (Å²) in [5.41, 5.74) is 0.631. The largest absolute Gasteiger partial charge is 0.450 e. The molecule has 26 heavy (non-hydrogen) atoms. The highest BCUT2D eigenvalue weighted by Gasteiger charge is 2.13. The summed E-state index contributed by atoms with van der Waals surface area (Å²) < 4.78 is 5.61. The maximum atomic E-state index is 12.3. The number of ether oxygens (including phenoxy) is 1. The van der Waals surface area contributed by atoms with Gasteiger partial charge >= 0.3 is 0 Å².